The van der Waals surface area contributed by atoms with Gasteiger partial charge in [-0.1, -0.05) is 42.5 Å². The maximum atomic E-state index is 5.88. The van der Waals surface area contributed by atoms with Gasteiger partial charge in [-0.05, 0) is 35.7 Å². The number of methoxy groups -OCH3 is 1. The second-order valence-electron chi connectivity index (χ2n) is 7.51. The SMILES string of the molecule is CN=C(NCc1ccnc(OCc2ccccc2)c1)NCc1ccc(C)cc1OCCOC.I. The molecule has 0 aliphatic carbocycles. The fourth-order valence-corrected chi connectivity index (χ4v) is 3.13. The molecule has 0 atom stereocenters. The van der Waals surface area contributed by atoms with E-state index >= 15 is 0 Å². The quantitative estimate of drug-likeness (QED) is 0.152. The van der Waals surface area contributed by atoms with Crippen molar-refractivity contribution < 1.29 is 14.2 Å². The van der Waals surface area contributed by atoms with E-state index in [1.807, 2.05) is 55.5 Å². The van der Waals surface area contributed by atoms with E-state index in [1.165, 1.54) is 0 Å². The first-order valence-electron chi connectivity index (χ1n) is 11.0. The van der Waals surface area contributed by atoms with Crippen LogP contribution in [0.15, 0.2) is 71.9 Å². The fourth-order valence-electron chi connectivity index (χ4n) is 3.13. The van der Waals surface area contributed by atoms with Gasteiger partial charge in [0.1, 0.15) is 19.0 Å². The molecule has 7 nitrogen and oxygen atoms in total. The molecule has 0 saturated carbocycles. The van der Waals surface area contributed by atoms with Gasteiger partial charge < -0.3 is 24.8 Å². The van der Waals surface area contributed by atoms with Crippen molar-refractivity contribution >= 4 is 29.9 Å². The second kappa shape index (κ2) is 15.1. The lowest BCUT2D eigenvalue weighted by atomic mass is 10.1. The molecule has 2 N–H and O–H groups in total. The molecule has 3 aromatic rings. The molecule has 0 radical (unpaired) electrons. The molecule has 0 spiro atoms. The first-order valence-corrected chi connectivity index (χ1v) is 11.0. The predicted octanol–water partition coefficient (Wildman–Crippen LogP) is 4.48. The number of guanidine groups is 1. The molecule has 2 aromatic carbocycles. The van der Waals surface area contributed by atoms with Crippen LogP contribution in [0.1, 0.15) is 22.3 Å². The van der Waals surface area contributed by atoms with Gasteiger partial charge in [0.2, 0.25) is 5.88 Å². The number of ether oxygens (including phenoxy) is 3. The number of nitrogens with one attached hydrogen (secondary N) is 2. The van der Waals surface area contributed by atoms with E-state index in [2.05, 4.69) is 32.7 Å². The molecule has 0 aliphatic heterocycles. The Morgan fingerprint density at radius 1 is 0.912 bits per heavy atom. The Bertz CT molecular complexity index is 1030. The van der Waals surface area contributed by atoms with E-state index in [-0.39, 0.29) is 24.0 Å². The molecular weight excluding hydrogens is 543 g/mol. The summed E-state index contributed by atoms with van der Waals surface area (Å²) in [5.74, 6) is 2.14. The van der Waals surface area contributed by atoms with Gasteiger partial charge in [0, 0.05) is 45.1 Å². The summed E-state index contributed by atoms with van der Waals surface area (Å²) in [7, 11) is 3.42. The van der Waals surface area contributed by atoms with Crippen LogP contribution in [0.4, 0.5) is 0 Å². The third-order valence-electron chi connectivity index (χ3n) is 4.93. The zero-order valence-corrected chi connectivity index (χ0v) is 22.2. The summed E-state index contributed by atoms with van der Waals surface area (Å²) in [5, 5.41) is 6.68. The lowest BCUT2D eigenvalue weighted by Gasteiger charge is -2.15. The van der Waals surface area contributed by atoms with Crippen molar-refractivity contribution in [2.45, 2.75) is 26.6 Å². The first kappa shape index (κ1) is 27.4. The Kier molecular flexibility index (Phi) is 12.2. The number of benzene rings is 2. The van der Waals surface area contributed by atoms with Gasteiger partial charge in [0.05, 0.1) is 6.61 Å². The van der Waals surface area contributed by atoms with E-state index in [0.29, 0.717) is 44.7 Å². The van der Waals surface area contributed by atoms with Crippen molar-refractivity contribution in [3.05, 3.63) is 89.1 Å². The summed E-state index contributed by atoms with van der Waals surface area (Å²) >= 11 is 0. The van der Waals surface area contributed by atoms with Gasteiger partial charge >= 0.3 is 0 Å². The summed E-state index contributed by atoms with van der Waals surface area (Å²) < 4.78 is 16.8. The summed E-state index contributed by atoms with van der Waals surface area (Å²) in [5.41, 5.74) is 4.36. The molecule has 1 aromatic heterocycles. The summed E-state index contributed by atoms with van der Waals surface area (Å²) in [6, 6.07) is 20.1. The zero-order chi connectivity index (χ0) is 23.3. The highest BCUT2D eigenvalue weighted by atomic mass is 127. The third kappa shape index (κ3) is 9.18. The average molecular weight is 576 g/mol. The van der Waals surface area contributed by atoms with Gasteiger partial charge in [0.15, 0.2) is 5.96 Å². The van der Waals surface area contributed by atoms with Gasteiger partial charge in [-0.3, -0.25) is 4.99 Å². The highest BCUT2D eigenvalue weighted by molar-refractivity contribution is 14.0. The minimum atomic E-state index is 0. The number of aromatic nitrogens is 1. The summed E-state index contributed by atoms with van der Waals surface area (Å²) in [4.78, 5) is 8.63. The molecule has 0 bridgehead atoms. The number of rotatable bonds is 11. The maximum absolute atomic E-state index is 5.88. The Hall–Kier alpha value is -2.85. The molecule has 34 heavy (non-hydrogen) atoms. The van der Waals surface area contributed by atoms with Crippen LogP contribution in [0.25, 0.3) is 0 Å². The average Bonchev–Trinajstić information content (AvgIpc) is 2.85. The Morgan fingerprint density at radius 3 is 2.47 bits per heavy atom. The Labute approximate surface area is 219 Å². The Morgan fingerprint density at radius 2 is 1.71 bits per heavy atom. The molecule has 0 fully saturated rings. The van der Waals surface area contributed by atoms with Crippen molar-refractivity contribution in [2.24, 2.45) is 4.99 Å². The second-order valence-corrected chi connectivity index (χ2v) is 7.51. The standard InChI is InChI=1S/C26H32N4O3.HI/c1-20-9-10-23(24(15-20)32-14-13-31-3)18-30-26(27-2)29-17-22-11-12-28-25(16-22)33-19-21-7-5-4-6-8-21;/h4-12,15-16H,13-14,17-19H2,1-3H3,(H2,27,29,30);1H. The van der Waals surface area contributed by atoms with Crippen LogP contribution in [-0.2, 0) is 24.4 Å². The van der Waals surface area contributed by atoms with Crippen LogP contribution >= 0.6 is 24.0 Å². The van der Waals surface area contributed by atoms with E-state index in [0.717, 1.165) is 28.0 Å². The molecule has 0 amide bonds. The van der Waals surface area contributed by atoms with Gasteiger partial charge in [-0.25, -0.2) is 4.98 Å². The van der Waals surface area contributed by atoms with Crippen molar-refractivity contribution in [2.75, 3.05) is 27.4 Å². The molecule has 1 heterocycles. The number of aryl methyl sites for hydroxylation is 1. The lowest BCUT2D eigenvalue weighted by molar-refractivity contribution is 0.145. The summed E-state index contributed by atoms with van der Waals surface area (Å²) in [6.07, 6.45) is 1.75. The lowest BCUT2D eigenvalue weighted by Crippen LogP contribution is -2.36. The molecular formula is C26H33IN4O3. The number of hydrogen-bond donors (Lipinski definition) is 2. The number of pyridine rings is 1. The molecule has 3 rings (SSSR count). The monoisotopic (exact) mass is 576 g/mol. The van der Waals surface area contributed by atoms with Crippen LogP contribution in [0.2, 0.25) is 0 Å². The molecule has 8 heteroatoms. The highest BCUT2D eigenvalue weighted by Gasteiger charge is 2.07. The number of hydrogen-bond acceptors (Lipinski definition) is 5. The summed E-state index contributed by atoms with van der Waals surface area (Å²) in [6.45, 7) is 4.77. The first-order chi connectivity index (χ1) is 16.2. The fraction of sp³-hybridized carbons (Fsp3) is 0.308. The maximum Gasteiger partial charge on any atom is 0.213 e. The topological polar surface area (TPSA) is 77.0 Å². The van der Waals surface area contributed by atoms with E-state index in [9.17, 15) is 0 Å². The van der Waals surface area contributed by atoms with Gasteiger partial charge in [-0.15, -0.1) is 24.0 Å². The van der Waals surface area contributed by atoms with Crippen LogP contribution in [0.3, 0.4) is 0 Å². The van der Waals surface area contributed by atoms with Crippen molar-refractivity contribution in [3.63, 3.8) is 0 Å². The van der Waals surface area contributed by atoms with Crippen LogP contribution < -0.4 is 20.1 Å². The van der Waals surface area contributed by atoms with Crippen LogP contribution in [-0.4, -0.2) is 38.3 Å². The number of halogens is 1. The normalized spacial score (nSPS) is 10.9. The molecule has 0 aliphatic rings. The van der Waals surface area contributed by atoms with Crippen molar-refractivity contribution in [3.8, 4) is 11.6 Å². The predicted molar refractivity (Wildman–Crippen MR) is 146 cm³/mol. The Balaban J connectivity index is 0.00000408. The van der Waals surface area contributed by atoms with E-state index < -0.39 is 0 Å². The minimum Gasteiger partial charge on any atom is -0.491 e. The number of aliphatic imine (C=N–C) groups is 1. The van der Waals surface area contributed by atoms with Gasteiger partial charge in [-0.2, -0.15) is 0 Å². The van der Waals surface area contributed by atoms with Crippen molar-refractivity contribution in [1.82, 2.24) is 15.6 Å². The highest BCUT2D eigenvalue weighted by Crippen LogP contribution is 2.20. The van der Waals surface area contributed by atoms with Crippen molar-refractivity contribution in [1.29, 1.82) is 0 Å². The van der Waals surface area contributed by atoms with Crippen LogP contribution in [0, 0.1) is 6.92 Å². The van der Waals surface area contributed by atoms with Crippen LogP contribution in [0.5, 0.6) is 11.6 Å². The van der Waals surface area contributed by atoms with Gasteiger partial charge in [0.25, 0.3) is 0 Å². The largest absolute Gasteiger partial charge is 0.491 e. The van der Waals surface area contributed by atoms with E-state index in [4.69, 9.17) is 14.2 Å². The van der Waals surface area contributed by atoms with E-state index in [1.54, 1.807) is 20.4 Å². The minimum absolute atomic E-state index is 0. The number of nitrogens with zero attached hydrogens (tertiary/aromatic N) is 2. The third-order valence-corrected chi connectivity index (χ3v) is 4.93. The zero-order valence-electron chi connectivity index (χ0n) is 19.9. The molecule has 182 valence electrons. The smallest absolute Gasteiger partial charge is 0.213 e. The molecule has 0 unspecified atom stereocenters. The molecule has 0 saturated heterocycles.